The van der Waals surface area contributed by atoms with Crippen LogP contribution in [0, 0.1) is 0 Å². The van der Waals surface area contributed by atoms with Crippen molar-refractivity contribution in [3.8, 4) is 0 Å². The highest BCUT2D eigenvalue weighted by Crippen LogP contribution is 2.31. The number of hydrogen-bond donors (Lipinski definition) is 0. The Balaban J connectivity index is 3.00. The highest BCUT2D eigenvalue weighted by molar-refractivity contribution is 7.87. The fraction of sp³-hybridized carbons (Fsp3) is 0.900. The van der Waals surface area contributed by atoms with E-state index in [1.807, 2.05) is 0 Å². The van der Waals surface area contributed by atoms with E-state index in [1.54, 1.807) is 0 Å². The standard InChI is InChI=1S/C10H15F3O8S/c1-17-4-5(18-2)6-7(19-3)8(9(14)20-6)21-22(15,16)10(11,12)13/h5-8H,4H2,1-3H3/t5-,6-,7+,8-/m1/s1. The van der Waals surface area contributed by atoms with Crippen LogP contribution in [0.3, 0.4) is 0 Å². The molecule has 130 valence electrons. The Hall–Kier alpha value is -0.950. The van der Waals surface area contributed by atoms with E-state index in [2.05, 4.69) is 4.18 Å². The highest BCUT2D eigenvalue weighted by atomic mass is 32.2. The van der Waals surface area contributed by atoms with Crippen molar-refractivity contribution in [2.24, 2.45) is 0 Å². The average Bonchev–Trinajstić information content (AvgIpc) is 2.70. The van der Waals surface area contributed by atoms with Crippen molar-refractivity contribution in [3.63, 3.8) is 0 Å². The third-order valence-corrected chi connectivity index (χ3v) is 3.92. The van der Waals surface area contributed by atoms with Gasteiger partial charge in [-0.25, -0.2) is 8.98 Å². The van der Waals surface area contributed by atoms with Gasteiger partial charge in [0.15, 0.2) is 6.10 Å². The van der Waals surface area contributed by atoms with Crippen LogP contribution in [0.15, 0.2) is 0 Å². The Morgan fingerprint density at radius 2 is 1.86 bits per heavy atom. The van der Waals surface area contributed by atoms with Crippen molar-refractivity contribution >= 4 is 16.1 Å². The van der Waals surface area contributed by atoms with E-state index >= 15 is 0 Å². The molecular weight excluding hydrogens is 337 g/mol. The number of halogens is 3. The van der Waals surface area contributed by atoms with E-state index in [0.29, 0.717) is 0 Å². The fourth-order valence-electron chi connectivity index (χ4n) is 1.87. The first kappa shape index (κ1) is 19.1. The summed E-state index contributed by atoms with van der Waals surface area (Å²) < 4.78 is 82.5. The number of carbonyl (C=O) groups excluding carboxylic acids is 1. The predicted molar refractivity (Wildman–Crippen MR) is 63.2 cm³/mol. The molecule has 1 aliphatic rings. The van der Waals surface area contributed by atoms with Crippen molar-refractivity contribution in [3.05, 3.63) is 0 Å². The number of esters is 1. The number of hydrogen-bond acceptors (Lipinski definition) is 8. The van der Waals surface area contributed by atoms with Crippen LogP contribution in [0.4, 0.5) is 13.2 Å². The maximum Gasteiger partial charge on any atom is 0.523 e. The molecule has 4 atom stereocenters. The van der Waals surface area contributed by atoms with Crippen molar-refractivity contribution in [1.82, 2.24) is 0 Å². The zero-order chi connectivity index (χ0) is 17.1. The molecule has 0 aromatic carbocycles. The number of cyclic esters (lactones) is 1. The molecule has 1 fully saturated rings. The van der Waals surface area contributed by atoms with Gasteiger partial charge >= 0.3 is 21.6 Å². The van der Waals surface area contributed by atoms with Crippen LogP contribution in [0.2, 0.25) is 0 Å². The molecule has 0 N–H and O–H groups in total. The summed E-state index contributed by atoms with van der Waals surface area (Å²) in [6, 6.07) is 0. The van der Waals surface area contributed by atoms with E-state index < -0.39 is 46.0 Å². The average molecular weight is 352 g/mol. The summed E-state index contributed by atoms with van der Waals surface area (Å²) in [5.74, 6) is -1.30. The van der Waals surface area contributed by atoms with Gasteiger partial charge in [-0.3, -0.25) is 0 Å². The lowest BCUT2D eigenvalue weighted by atomic mass is 10.1. The first-order chi connectivity index (χ1) is 10.1. The van der Waals surface area contributed by atoms with Gasteiger partial charge in [-0.2, -0.15) is 21.6 Å². The van der Waals surface area contributed by atoms with Crippen molar-refractivity contribution in [2.75, 3.05) is 27.9 Å². The Bertz CT molecular complexity index is 491. The summed E-state index contributed by atoms with van der Waals surface area (Å²) in [6.07, 6.45) is -5.56. The van der Waals surface area contributed by atoms with Gasteiger partial charge in [-0.15, -0.1) is 0 Å². The molecule has 0 radical (unpaired) electrons. The quantitative estimate of drug-likeness (QED) is 0.354. The van der Waals surface area contributed by atoms with Crippen LogP contribution in [-0.4, -0.2) is 72.2 Å². The van der Waals surface area contributed by atoms with Gasteiger partial charge in [-0.05, 0) is 0 Å². The lowest BCUT2D eigenvalue weighted by Gasteiger charge is -2.25. The molecule has 0 bridgehead atoms. The molecule has 0 spiro atoms. The van der Waals surface area contributed by atoms with Crippen LogP contribution in [0.5, 0.6) is 0 Å². The second kappa shape index (κ2) is 7.08. The summed E-state index contributed by atoms with van der Waals surface area (Å²) in [6.45, 7) is -0.0625. The molecular formula is C10H15F3O8S. The van der Waals surface area contributed by atoms with E-state index in [-0.39, 0.29) is 6.61 Å². The van der Waals surface area contributed by atoms with E-state index in [4.69, 9.17) is 18.9 Å². The smallest absolute Gasteiger partial charge is 0.455 e. The molecule has 0 unspecified atom stereocenters. The summed E-state index contributed by atoms with van der Waals surface area (Å²) in [4.78, 5) is 11.6. The molecule has 0 amide bonds. The number of carbonyl (C=O) groups is 1. The zero-order valence-corrected chi connectivity index (χ0v) is 12.6. The second-order valence-corrected chi connectivity index (χ2v) is 5.81. The molecule has 1 heterocycles. The number of rotatable bonds is 7. The van der Waals surface area contributed by atoms with Crippen LogP contribution < -0.4 is 0 Å². The first-order valence-electron chi connectivity index (χ1n) is 5.83. The highest BCUT2D eigenvalue weighted by Gasteiger charge is 2.56. The Labute approximate surface area is 124 Å². The summed E-state index contributed by atoms with van der Waals surface area (Å²) >= 11 is 0. The Morgan fingerprint density at radius 1 is 1.27 bits per heavy atom. The van der Waals surface area contributed by atoms with E-state index in [0.717, 1.165) is 7.11 Å². The minimum Gasteiger partial charge on any atom is -0.455 e. The molecule has 12 heteroatoms. The first-order valence-corrected chi connectivity index (χ1v) is 7.24. The molecule has 1 aliphatic heterocycles. The van der Waals surface area contributed by atoms with Crippen LogP contribution in [0.25, 0.3) is 0 Å². The third-order valence-electron chi connectivity index (χ3n) is 2.89. The largest absolute Gasteiger partial charge is 0.523 e. The van der Waals surface area contributed by atoms with Gasteiger partial charge in [0, 0.05) is 21.3 Å². The van der Waals surface area contributed by atoms with Crippen molar-refractivity contribution < 1.29 is 49.5 Å². The van der Waals surface area contributed by atoms with Crippen LogP contribution in [0.1, 0.15) is 0 Å². The van der Waals surface area contributed by atoms with E-state index in [9.17, 15) is 26.4 Å². The number of alkyl halides is 3. The monoisotopic (exact) mass is 352 g/mol. The molecule has 1 saturated heterocycles. The van der Waals surface area contributed by atoms with Gasteiger partial charge in [0.1, 0.15) is 12.2 Å². The van der Waals surface area contributed by atoms with Gasteiger partial charge < -0.3 is 18.9 Å². The maximum absolute atomic E-state index is 12.3. The predicted octanol–water partition coefficient (Wildman–Crippen LogP) is -0.177. The SMILES string of the molecule is COC[C@@H](OC)[C@H]1OC(=O)[C@H](OS(=O)(=O)C(F)(F)F)[C@H]1OC. The zero-order valence-electron chi connectivity index (χ0n) is 11.8. The Morgan fingerprint density at radius 3 is 2.27 bits per heavy atom. The lowest BCUT2D eigenvalue weighted by Crippen LogP contribution is -2.45. The van der Waals surface area contributed by atoms with Gasteiger partial charge in [0.25, 0.3) is 0 Å². The molecule has 0 aromatic rings. The van der Waals surface area contributed by atoms with Gasteiger partial charge in [0.2, 0.25) is 6.10 Å². The summed E-state index contributed by atoms with van der Waals surface area (Å²) in [7, 11) is -2.33. The molecule has 0 aromatic heterocycles. The molecule has 22 heavy (non-hydrogen) atoms. The van der Waals surface area contributed by atoms with Gasteiger partial charge in [-0.1, -0.05) is 0 Å². The minimum atomic E-state index is -5.98. The van der Waals surface area contributed by atoms with E-state index in [1.165, 1.54) is 14.2 Å². The molecule has 0 saturated carbocycles. The maximum atomic E-state index is 12.3. The molecule has 1 rings (SSSR count). The molecule has 0 aliphatic carbocycles. The second-order valence-electron chi connectivity index (χ2n) is 4.25. The van der Waals surface area contributed by atoms with Crippen LogP contribution >= 0.6 is 0 Å². The Kier molecular flexibility index (Phi) is 6.15. The number of ether oxygens (including phenoxy) is 4. The topological polar surface area (TPSA) is 97.4 Å². The fourth-order valence-corrected chi connectivity index (χ4v) is 2.44. The minimum absolute atomic E-state index is 0.0625. The molecule has 8 nitrogen and oxygen atoms in total. The third kappa shape index (κ3) is 3.87. The lowest BCUT2D eigenvalue weighted by molar-refractivity contribution is -0.152. The van der Waals surface area contributed by atoms with Crippen LogP contribution in [-0.2, 0) is 38.0 Å². The normalized spacial score (nSPS) is 27.7. The number of methoxy groups -OCH3 is 3. The van der Waals surface area contributed by atoms with Crippen molar-refractivity contribution in [2.45, 2.75) is 29.9 Å². The van der Waals surface area contributed by atoms with Gasteiger partial charge in [0.05, 0.1) is 6.61 Å². The van der Waals surface area contributed by atoms with Crippen molar-refractivity contribution in [1.29, 1.82) is 0 Å². The summed E-state index contributed by atoms with van der Waals surface area (Å²) in [5.41, 5.74) is -5.67. The summed E-state index contributed by atoms with van der Waals surface area (Å²) in [5, 5.41) is 0.